The third-order valence-electron chi connectivity index (χ3n) is 1.51. The van der Waals surface area contributed by atoms with Crippen molar-refractivity contribution in [2.75, 3.05) is 12.0 Å². The quantitative estimate of drug-likeness (QED) is 0.567. The fraction of sp³-hybridized carbons (Fsp3) is 1.00. The van der Waals surface area contributed by atoms with E-state index in [2.05, 4.69) is 20.1 Å². The number of hydrogen-bond donors (Lipinski definition) is 0. The van der Waals surface area contributed by atoms with Gasteiger partial charge in [-0.3, -0.25) is 0 Å². The maximum absolute atomic E-state index is 2.32. The lowest BCUT2D eigenvalue weighted by Crippen LogP contribution is -1.92. The Labute approximate surface area is 57.1 Å². The highest BCUT2D eigenvalue weighted by atomic mass is 32.2. The van der Waals surface area contributed by atoms with Gasteiger partial charge in [-0.15, -0.1) is 0 Å². The van der Waals surface area contributed by atoms with E-state index in [1.807, 2.05) is 11.8 Å². The molecule has 0 aromatic heterocycles. The lowest BCUT2D eigenvalue weighted by atomic mass is 10.1. The summed E-state index contributed by atoms with van der Waals surface area (Å²) < 4.78 is 0. The van der Waals surface area contributed by atoms with Crippen molar-refractivity contribution in [2.24, 2.45) is 5.92 Å². The molecule has 1 heteroatoms. The van der Waals surface area contributed by atoms with Crippen LogP contribution in [-0.4, -0.2) is 12.0 Å². The first-order chi connectivity index (χ1) is 3.81. The van der Waals surface area contributed by atoms with Crippen LogP contribution in [0.1, 0.15) is 26.7 Å². The van der Waals surface area contributed by atoms with Gasteiger partial charge in [-0.1, -0.05) is 20.3 Å². The summed E-state index contributed by atoms with van der Waals surface area (Å²) in [6.07, 6.45) is 4.89. The van der Waals surface area contributed by atoms with Gasteiger partial charge >= 0.3 is 0 Å². The molecular formula is C7H16S. The highest BCUT2D eigenvalue weighted by Crippen LogP contribution is 2.09. The van der Waals surface area contributed by atoms with Gasteiger partial charge in [0.05, 0.1) is 0 Å². The molecule has 0 saturated heterocycles. The molecule has 0 aliphatic heterocycles. The van der Waals surface area contributed by atoms with Crippen LogP contribution in [0.3, 0.4) is 0 Å². The third kappa shape index (κ3) is 4.51. The van der Waals surface area contributed by atoms with E-state index in [-0.39, 0.29) is 0 Å². The standard InChI is InChI=1S/C7H16S/c1-4-7(2)5-6-8-3/h7H,4-6H2,1-3H3. The summed E-state index contributed by atoms with van der Waals surface area (Å²) in [6, 6.07) is 0. The molecule has 50 valence electrons. The molecule has 1 atom stereocenters. The van der Waals surface area contributed by atoms with Gasteiger partial charge in [-0.2, -0.15) is 11.8 Å². The molecule has 8 heavy (non-hydrogen) atoms. The summed E-state index contributed by atoms with van der Waals surface area (Å²) in [5, 5.41) is 0. The minimum absolute atomic E-state index is 0.933. The van der Waals surface area contributed by atoms with E-state index < -0.39 is 0 Å². The Kier molecular flexibility index (Phi) is 5.73. The van der Waals surface area contributed by atoms with E-state index in [1.54, 1.807) is 0 Å². The summed E-state index contributed by atoms with van der Waals surface area (Å²) in [7, 11) is 0. The molecule has 0 radical (unpaired) electrons. The molecule has 0 aliphatic carbocycles. The van der Waals surface area contributed by atoms with Gasteiger partial charge in [0.15, 0.2) is 0 Å². The zero-order valence-corrected chi connectivity index (χ0v) is 6.92. The van der Waals surface area contributed by atoms with Gasteiger partial charge in [0.2, 0.25) is 0 Å². The van der Waals surface area contributed by atoms with Crippen LogP contribution in [0.2, 0.25) is 0 Å². The molecule has 0 spiro atoms. The topological polar surface area (TPSA) is 0 Å². The SMILES string of the molecule is CCC(C)CCSC. The second kappa shape index (κ2) is 5.49. The van der Waals surface area contributed by atoms with Crippen LogP contribution in [0.25, 0.3) is 0 Å². The maximum atomic E-state index is 2.32. The van der Waals surface area contributed by atoms with Crippen LogP contribution in [0.15, 0.2) is 0 Å². The van der Waals surface area contributed by atoms with Crippen molar-refractivity contribution in [1.29, 1.82) is 0 Å². The number of rotatable bonds is 4. The largest absolute Gasteiger partial charge is 0.165 e. The molecule has 0 nitrogen and oxygen atoms in total. The molecule has 0 fully saturated rings. The van der Waals surface area contributed by atoms with Crippen LogP contribution in [0, 0.1) is 5.92 Å². The molecule has 0 rings (SSSR count). The van der Waals surface area contributed by atoms with Crippen molar-refractivity contribution in [3.8, 4) is 0 Å². The van der Waals surface area contributed by atoms with E-state index >= 15 is 0 Å². The molecule has 0 aromatic rings. The third-order valence-corrected chi connectivity index (χ3v) is 2.16. The van der Waals surface area contributed by atoms with Crippen LogP contribution in [-0.2, 0) is 0 Å². The van der Waals surface area contributed by atoms with Gasteiger partial charge in [-0.25, -0.2) is 0 Å². The normalized spacial score (nSPS) is 13.9. The molecule has 0 heterocycles. The van der Waals surface area contributed by atoms with Crippen molar-refractivity contribution >= 4 is 11.8 Å². The van der Waals surface area contributed by atoms with E-state index in [4.69, 9.17) is 0 Å². The van der Waals surface area contributed by atoms with E-state index in [0.717, 1.165) is 5.92 Å². The molecule has 0 amide bonds. The van der Waals surface area contributed by atoms with Gasteiger partial charge in [-0.05, 0) is 24.3 Å². The average Bonchev–Trinajstić information content (AvgIpc) is 1.83. The highest BCUT2D eigenvalue weighted by Gasteiger charge is 1.94. The predicted octanol–water partition coefficient (Wildman–Crippen LogP) is 2.79. The van der Waals surface area contributed by atoms with Crippen molar-refractivity contribution in [1.82, 2.24) is 0 Å². The Balaban J connectivity index is 2.86. The molecule has 0 aliphatic rings. The fourth-order valence-electron chi connectivity index (χ4n) is 0.523. The van der Waals surface area contributed by atoms with Crippen molar-refractivity contribution < 1.29 is 0 Å². The van der Waals surface area contributed by atoms with Gasteiger partial charge in [0.1, 0.15) is 0 Å². The maximum Gasteiger partial charge on any atom is -0.00678 e. The molecule has 1 unspecified atom stereocenters. The first-order valence-electron chi connectivity index (χ1n) is 3.30. The lowest BCUT2D eigenvalue weighted by molar-refractivity contribution is 0.549. The molecule has 0 aromatic carbocycles. The van der Waals surface area contributed by atoms with E-state index in [0.29, 0.717) is 0 Å². The predicted molar refractivity (Wildman–Crippen MR) is 42.5 cm³/mol. The van der Waals surface area contributed by atoms with Gasteiger partial charge < -0.3 is 0 Å². The molecule has 0 bridgehead atoms. The Morgan fingerprint density at radius 3 is 2.50 bits per heavy atom. The summed E-state index contributed by atoms with van der Waals surface area (Å²) in [5.74, 6) is 2.26. The Bertz CT molecular complexity index is 43.7. The van der Waals surface area contributed by atoms with Crippen LogP contribution < -0.4 is 0 Å². The zero-order chi connectivity index (χ0) is 6.41. The lowest BCUT2D eigenvalue weighted by Gasteiger charge is -2.04. The fourth-order valence-corrected chi connectivity index (χ4v) is 1.16. The summed E-state index contributed by atoms with van der Waals surface area (Å²) in [5.41, 5.74) is 0. The highest BCUT2D eigenvalue weighted by molar-refractivity contribution is 7.98. The summed E-state index contributed by atoms with van der Waals surface area (Å²) in [4.78, 5) is 0. The Morgan fingerprint density at radius 1 is 1.50 bits per heavy atom. The minimum atomic E-state index is 0.933. The zero-order valence-electron chi connectivity index (χ0n) is 6.11. The molecular weight excluding hydrogens is 116 g/mol. The molecule has 0 saturated carbocycles. The van der Waals surface area contributed by atoms with Crippen molar-refractivity contribution in [2.45, 2.75) is 26.7 Å². The number of thioether (sulfide) groups is 1. The Hall–Kier alpha value is 0.350. The smallest absolute Gasteiger partial charge is 0.00678 e. The Morgan fingerprint density at radius 2 is 2.12 bits per heavy atom. The second-order valence-corrected chi connectivity index (χ2v) is 3.28. The summed E-state index contributed by atoms with van der Waals surface area (Å²) in [6.45, 7) is 4.57. The van der Waals surface area contributed by atoms with Crippen molar-refractivity contribution in [3.63, 3.8) is 0 Å². The van der Waals surface area contributed by atoms with E-state index in [1.165, 1.54) is 18.6 Å². The van der Waals surface area contributed by atoms with Crippen LogP contribution >= 0.6 is 11.8 Å². The first-order valence-corrected chi connectivity index (χ1v) is 4.69. The van der Waals surface area contributed by atoms with Crippen molar-refractivity contribution in [3.05, 3.63) is 0 Å². The van der Waals surface area contributed by atoms with Crippen LogP contribution in [0.4, 0.5) is 0 Å². The second-order valence-electron chi connectivity index (χ2n) is 2.29. The van der Waals surface area contributed by atoms with Gasteiger partial charge in [0.25, 0.3) is 0 Å². The summed E-state index contributed by atoms with van der Waals surface area (Å²) >= 11 is 1.95. The molecule has 0 N–H and O–H groups in total. The van der Waals surface area contributed by atoms with Crippen LogP contribution in [0.5, 0.6) is 0 Å². The average molecular weight is 132 g/mol. The van der Waals surface area contributed by atoms with Gasteiger partial charge in [0, 0.05) is 0 Å². The monoisotopic (exact) mass is 132 g/mol. The van der Waals surface area contributed by atoms with E-state index in [9.17, 15) is 0 Å². The minimum Gasteiger partial charge on any atom is -0.165 e. The number of hydrogen-bond acceptors (Lipinski definition) is 1. The first kappa shape index (κ1) is 8.35.